The van der Waals surface area contributed by atoms with Gasteiger partial charge in [-0.25, -0.2) is 0 Å². The van der Waals surface area contributed by atoms with Gasteiger partial charge in [-0.3, -0.25) is 4.79 Å². The van der Waals surface area contributed by atoms with Gasteiger partial charge in [-0.2, -0.15) is 0 Å². The van der Waals surface area contributed by atoms with Crippen LogP contribution >= 0.6 is 0 Å². The third kappa shape index (κ3) is 1.85. The van der Waals surface area contributed by atoms with Crippen molar-refractivity contribution in [2.75, 3.05) is 6.61 Å². The van der Waals surface area contributed by atoms with Gasteiger partial charge in [-0.1, -0.05) is 24.3 Å². The zero-order chi connectivity index (χ0) is 10.8. The maximum Gasteiger partial charge on any atom is 0.188 e. The van der Waals surface area contributed by atoms with Crippen LogP contribution < -0.4 is 0 Å². The maximum atomic E-state index is 11.7. The second-order valence-electron chi connectivity index (χ2n) is 3.82. The minimum atomic E-state index is -0.406. The molecule has 78 valence electrons. The van der Waals surface area contributed by atoms with Crippen LogP contribution in [0.25, 0.3) is 0 Å². The second kappa shape index (κ2) is 3.99. The van der Waals surface area contributed by atoms with Gasteiger partial charge in [0.1, 0.15) is 6.10 Å². The summed E-state index contributed by atoms with van der Waals surface area (Å²) in [7, 11) is 0. The van der Waals surface area contributed by atoms with Crippen molar-refractivity contribution >= 4 is 5.78 Å². The topological polar surface area (TPSA) is 26.3 Å². The first-order valence-corrected chi connectivity index (χ1v) is 5.08. The molecule has 2 nitrogen and oxygen atoms in total. The lowest BCUT2D eigenvalue weighted by Gasteiger charge is -2.21. The zero-order valence-corrected chi connectivity index (χ0v) is 8.99. The summed E-state index contributed by atoms with van der Waals surface area (Å²) in [5, 5.41) is 0. The van der Waals surface area contributed by atoms with Crippen LogP contribution in [0.15, 0.2) is 30.4 Å². The van der Waals surface area contributed by atoms with E-state index in [1.807, 2.05) is 32.0 Å². The van der Waals surface area contributed by atoms with Crippen LogP contribution in [0.5, 0.6) is 0 Å². The monoisotopic (exact) mass is 202 g/mol. The number of carbonyl (C=O) groups excluding carboxylic acids is 1. The Morgan fingerprint density at radius 2 is 1.93 bits per heavy atom. The number of ketones is 1. The molecule has 1 heterocycles. The Morgan fingerprint density at radius 1 is 1.27 bits per heavy atom. The average Bonchev–Trinajstić information content (AvgIpc) is 2.20. The van der Waals surface area contributed by atoms with E-state index in [4.69, 9.17) is 4.74 Å². The van der Waals surface area contributed by atoms with E-state index < -0.39 is 6.10 Å². The fourth-order valence-corrected chi connectivity index (χ4v) is 1.95. The quantitative estimate of drug-likeness (QED) is 0.699. The number of ether oxygens (including phenoxy) is 1. The van der Waals surface area contributed by atoms with Gasteiger partial charge in [-0.05, 0) is 36.6 Å². The van der Waals surface area contributed by atoms with Crippen LogP contribution in [0, 0.1) is 13.8 Å². The first-order valence-electron chi connectivity index (χ1n) is 5.08. The highest BCUT2D eigenvalue weighted by atomic mass is 16.5. The van der Waals surface area contributed by atoms with Crippen molar-refractivity contribution in [2.45, 2.75) is 20.0 Å². The van der Waals surface area contributed by atoms with Gasteiger partial charge < -0.3 is 4.74 Å². The number of hydrogen-bond acceptors (Lipinski definition) is 2. The van der Waals surface area contributed by atoms with E-state index in [-0.39, 0.29) is 5.78 Å². The molecule has 0 bridgehead atoms. The molecular formula is C13H14O2. The second-order valence-corrected chi connectivity index (χ2v) is 3.82. The number of hydrogen-bond donors (Lipinski definition) is 0. The number of carbonyl (C=O) groups is 1. The van der Waals surface area contributed by atoms with Crippen LogP contribution in [0.4, 0.5) is 0 Å². The van der Waals surface area contributed by atoms with Crippen molar-refractivity contribution in [3.8, 4) is 0 Å². The maximum absolute atomic E-state index is 11.7. The summed E-state index contributed by atoms with van der Waals surface area (Å²) in [6.45, 7) is 4.54. The fourth-order valence-electron chi connectivity index (χ4n) is 1.95. The molecule has 0 saturated carbocycles. The van der Waals surface area contributed by atoms with Crippen molar-refractivity contribution in [1.29, 1.82) is 0 Å². The Kier molecular flexibility index (Phi) is 2.69. The van der Waals surface area contributed by atoms with Crippen LogP contribution in [-0.4, -0.2) is 12.4 Å². The van der Waals surface area contributed by atoms with Crippen molar-refractivity contribution in [1.82, 2.24) is 0 Å². The van der Waals surface area contributed by atoms with E-state index in [0.717, 1.165) is 16.7 Å². The molecule has 15 heavy (non-hydrogen) atoms. The van der Waals surface area contributed by atoms with Gasteiger partial charge in [0.2, 0.25) is 0 Å². The van der Waals surface area contributed by atoms with E-state index in [0.29, 0.717) is 6.61 Å². The number of rotatable bonds is 1. The van der Waals surface area contributed by atoms with Gasteiger partial charge in [0.05, 0.1) is 6.61 Å². The van der Waals surface area contributed by atoms with Crippen molar-refractivity contribution < 1.29 is 9.53 Å². The molecule has 0 fully saturated rings. The van der Waals surface area contributed by atoms with Crippen molar-refractivity contribution in [3.05, 3.63) is 47.0 Å². The minimum Gasteiger partial charge on any atom is -0.361 e. The third-order valence-electron chi connectivity index (χ3n) is 2.70. The molecule has 1 aliphatic heterocycles. The summed E-state index contributed by atoms with van der Waals surface area (Å²) in [5.41, 5.74) is 3.25. The van der Waals surface area contributed by atoms with Crippen molar-refractivity contribution in [2.24, 2.45) is 0 Å². The minimum absolute atomic E-state index is 0.0404. The van der Waals surface area contributed by atoms with E-state index >= 15 is 0 Å². The molecule has 0 saturated heterocycles. The fraction of sp³-hybridized carbons (Fsp3) is 0.308. The Hall–Kier alpha value is -1.41. The number of aryl methyl sites for hydroxylation is 2. The van der Waals surface area contributed by atoms with Gasteiger partial charge in [0, 0.05) is 0 Å². The lowest BCUT2D eigenvalue weighted by molar-refractivity contribution is -0.126. The van der Waals surface area contributed by atoms with Crippen LogP contribution in [0.2, 0.25) is 0 Å². The van der Waals surface area contributed by atoms with E-state index in [9.17, 15) is 4.79 Å². The molecule has 0 amide bonds. The summed E-state index contributed by atoms with van der Waals surface area (Å²) < 4.78 is 5.50. The molecule has 2 heteroatoms. The molecule has 0 aromatic heterocycles. The predicted molar refractivity (Wildman–Crippen MR) is 58.8 cm³/mol. The highest BCUT2D eigenvalue weighted by Crippen LogP contribution is 2.27. The molecule has 2 rings (SSSR count). The zero-order valence-electron chi connectivity index (χ0n) is 8.99. The average molecular weight is 202 g/mol. The molecule has 1 aromatic carbocycles. The Labute approximate surface area is 89.6 Å². The predicted octanol–water partition coefficient (Wildman–Crippen LogP) is 2.50. The molecule has 1 aromatic rings. The SMILES string of the molecule is Cc1cccc(C)c1C1OCC=CC1=O. The summed E-state index contributed by atoms with van der Waals surface area (Å²) in [4.78, 5) is 11.7. The first kappa shape index (κ1) is 10.1. The molecule has 1 aliphatic rings. The summed E-state index contributed by atoms with van der Waals surface area (Å²) in [6, 6.07) is 6.02. The molecular weight excluding hydrogens is 188 g/mol. The van der Waals surface area contributed by atoms with Gasteiger partial charge >= 0.3 is 0 Å². The highest BCUT2D eigenvalue weighted by Gasteiger charge is 2.24. The summed E-state index contributed by atoms with van der Waals surface area (Å²) in [6.07, 6.45) is 2.96. The van der Waals surface area contributed by atoms with Gasteiger partial charge in [-0.15, -0.1) is 0 Å². The third-order valence-corrected chi connectivity index (χ3v) is 2.70. The Morgan fingerprint density at radius 3 is 2.53 bits per heavy atom. The highest BCUT2D eigenvalue weighted by molar-refractivity contribution is 5.95. The van der Waals surface area contributed by atoms with Crippen LogP contribution in [0.3, 0.4) is 0 Å². The van der Waals surface area contributed by atoms with Crippen LogP contribution in [-0.2, 0) is 9.53 Å². The molecule has 0 spiro atoms. The normalized spacial score (nSPS) is 20.7. The first-order chi connectivity index (χ1) is 7.20. The van der Waals surface area contributed by atoms with E-state index in [1.165, 1.54) is 0 Å². The molecule has 1 unspecified atom stereocenters. The lowest BCUT2D eigenvalue weighted by Crippen LogP contribution is -2.20. The Bertz CT molecular complexity index is 398. The summed E-state index contributed by atoms with van der Waals surface area (Å²) >= 11 is 0. The lowest BCUT2D eigenvalue weighted by atomic mass is 9.94. The molecule has 1 atom stereocenters. The van der Waals surface area contributed by atoms with E-state index in [2.05, 4.69) is 0 Å². The largest absolute Gasteiger partial charge is 0.361 e. The van der Waals surface area contributed by atoms with Gasteiger partial charge in [0.15, 0.2) is 5.78 Å². The Balaban J connectivity index is 2.45. The van der Waals surface area contributed by atoms with Crippen molar-refractivity contribution in [3.63, 3.8) is 0 Å². The molecule has 0 radical (unpaired) electrons. The van der Waals surface area contributed by atoms with Gasteiger partial charge in [0.25, 0.3) is 0 Å². The smallest absolute Gasteiger partial charge is 0.188 e. The number of benzene rings is 1. The van der Waals surface area contributed by atoms with E-state index in [1.54, 1.807) is 12.2 Å². The molecule has 0 aliphatic carbocycles. The van der Waals surface area contributed by atoms with Crippen LogP contribution in [0.1, 0.15) is 22.8 Å². The summed E-state index contributed by atoms with van der Waals surface area (Å²) in [5.74, 6) is 0.0404. The standard InChI is InChI=1S/C13H14O2/c1-9-5-3-6-10(2)12(9)13-11(14)7-4-8-15-13/h3-7,13H,8H2,1-2H3. The molecule has 0 N–H and O–H groups in total.